The molecule has 2 N–H and O–H groups in total. The molecule has 0 aliphatic heterocycles. The van der Waals surface area contributed by atoms with Crippen molar-refractivity contribution >= 4 is 12.1 Å². The van der Waals surface area contributed by atoms with Gasteiger partial charge in [-0.15, -0.1) is 0 Å². The van der Waals surface area contributed by atoms with Gasteiger partial charge in [0.15, 0.2) is 0 Å². The molecule has 7 heteroatoms. The summed E-state index contributed by atoms with van der Waals surface area (Å²) in [7, 11) is 0. The number of alkyl carbamates (subject to hydrolysis) is 1. The number of ether oxygens (including phenoxy) is 2. The number of nitrogens with one attached hydrogen (secondary N) is 1. The van der Waals surface area contributed by atoms with Crippen LogP contribution in [0.15, 0.2) is 24.3 Å². The van der Waals surface area contributed by atoms with Crippen LogP contribution in [-0.2, 0) is 9.53 Å². The van der Waals surface area contributed by atoms with E-state index in [0.717, 1.165) is 0 Å². The zero-order valence-electron chi connectivity index (χ0n) is 13.3. The average molecular weight is 320 g/mol. The summed E-state index contributed by atoms with van der Waals surface area (Å²) in [5, 5.41) is 20.1. The van der Waals surface area contributed by atoms with E-state index in [4.69, 9.17) is 19.8 Å². The lowest BCUT2D eigenvalue weighted by molar-refractivity contribution is -0.139. The molecule has 1 atom stereocenters. The summed E-state index contributed by atoms with van der Waals surface area (Å²) in [6.45, 7) is 5.17. The van der Waals surface area contributed by atoms with Crippen molar-refractivity contribution in [1.29, 1.82) is 5.26 Å². The van der Waals surface area contributed by atoms with Gasteiger partial charge in [-0.2, -0.15) is 5.26 Å². The molecule has 7 nitrogen and oxygen atoms in total. The molecule has 124 valence electrons. The second kappa shape index (κ2) is 8.03. The minimum Gasteiger partial charge on any atom is -0.493 e. The number of nitriles is 1. The third-order valence-corrected chi connectivity index (χ3v) is 2.65. The molecule has 0 saturated heterocycles. The summed E-state index contributed by atoms with van der Waals surface area (Å²) in [5.74, 6) is -0.648. The fourth-order valence-electron chi connectivity index (χ4n) is 1.63. The monoisotopic (exact) mass is 320 g/mol. The van der Waals surface area contributed by atoms with Crippen molar-refractivity contribution in [2.24, 2.45) is 0 Å². The van der Waals surface area contributed by atoms with Crippen LogP contribution in [0.2, 0.25) is 0 Å². The number of carbonyl (C=O) groups excluding carboxylic acids is 1. The molecular formula is C16H20N2O5. The Balaban J connectivity index is 2.48. The number of carboxylic acid groups (broad SMARTS) is 1. The number of amides is 1. The lowest BCUT2D eigenvalue weighted by Gasteiger charge is -2.22. The highest BCUT2D eigenvalue weighted by molar-refractivity contribution is 5.79. The quantitative estimate of drug-likeness (QED) is 0.832. The van der Waals surface area contributed by atoms with Gasteiger partial charge in [-0.1, -0.05) is 0 Å². The fraction of sp³-hybridized carbons (Fsp3) is 0.438. The van der Waals surface area contributed by atoms with Crippen LogP contribution in [0, 0.1) is 11.3 Å². The Bertz CT molecular complexity index is 584. The molecule has 1 aromatic rings. The second-order valence-corrected chi connectivity index (χ2v) is 5.81. The van der Waals surface area contributed by atoms with Crippen molar-refractivity contribution in [3.05, 3.63) is 29.8 Å². The van der Waals surface area contributed by atoms with E-state index in [1.807, 2.05) is 6.07 Å². The summed E-state index contributed by atoms with van der Waals surface area (Å²) >= 11 is 0. The van der Waals surface area contributed by atoms with Crippen LogP contribution >= 0.6 is 0 Å². The predicted molar refractivity (Wildman–Crippen MR) is 82.1 cm³/mol. The van der Waals surface area contributed by atoms with E-state index >= 15 is 0 Å². The van der Waals surface area contributed by atoms with Crippen molar-refractivity contribution < 1.29 is 24.2 Å². The number of nitrogens with zero attached hydrogens (tertiary/aromatic N) is 1. The highest BCUT2D eigenvalue weighted by Gasteiger charge is 2.23. The lowest BCUT2D eigenvalue weighted by atomic mass is 10.2. The number of aliphatic carboxylic acids is 1. The molecule has 0 radical (unpaired) electrons. The Kier molecular flexibility index (Phi) is 6.39. The fourth-order valence-corrected chi connectivity index (χ4v) is 1.63. The Labute approximate surface area is 134 Å². The summed E-state index contributed by atoms with van der Waals surface area (Å²) < 4.78 is 10.4. The zero-order chi connectivity index (χ0) is 17.5. The van der Waals surface area contributed by atoms with Gasteiger partial charge < -0.3 is 19.9 Å². The maximum atomic E-state index is 11.6. The number of rotatable bonds is 6. The minimum absolute atomic E-state index is 0.0780. The molecule has 1 amide bonds. The van der Waals surface area contributed by atoms with Gasteiger partial charge in [0.1, 0.15) is 17.4 Å². The topological polar surface area (TPSA) is 109 Å². The smallest absolute Gasteiger partial charge is 0.408 e. The van der Waals surface area contributed by atoms with Gasteiger partial charge >= 0.3 is 12.1 Å². The maximum absolute atomic E-state index is 11.6. The van der Waals surface area contributed by atoms with E-state index in [1.54, 1.807) is 45.0 Å². The summed E-state index contributed by atoms with van der Waals surface area (Å²) in [4.78, 5) is 22.8. The minimum atomic E-state index is -1.17. The molecule has 0 fully saturated rings. The first-order chi connectivity index (χ1) is 10.7. The van der Waals surface area contributed by atoms with Crippen molar-refractivity contribution in [2.45, 2.75) is 38.8 Å². The van der Waals surface area contributed by atoms with Crippen LogP contribution in [-0.4, -0.2) is 35.4 Å². The van der Waals surface area contributed by atoms with Gasteiger partial charge in [-0.25, -0.2) is 9.59 Å². The largest absolute Gasteiger partial charge is 0.493 e. The summed E-state index contributed by atoms with van der Waals surface area (Å²) in [6.07, 6.45) is -0.711. The SMILES string of the molecule is CC(C)(C)OC(=O)N[C@H](CCOc1ccc(C#N)cc1)C(=O)O. The third-order valence-electron chi connectivity index (χ3n) is 2.65. The zero-order valence-corrected chi connectivity index (χ0v) is 13.3. The molecule has 0 unspecified atom stereocenters. The lowest BCUT2D eigenvalue weighted by Crippen LogP contribution is -2.44. The molecule has 23 heavy (non-hydrogen) atoms. The van der Waals surface area contributed by atoms with Crippen molar-refractivity contribution in [1.82, 2.24) is 5.32 Å². The molecule has 0 aliphatic rings. The first-order valence-electron chi connectivity index (χ1n) is 7.06. The number of benzene rings is 1. The molecule has 0 bridgehead atoms. The molecule has 1 aromatic carbocycles. The average Bonchev–Trinajstić information content (AvgIpc) is 2.44. The van der Waals surface area contributed by atoms with Gasteiger partial charge in [0.05, 0.1) is 18.2 Å². The first-order valence-corrected chi connectivity index (χ1v) is 7.06. The maximum Gasteiger partial charge on any atom is 0.408 e. The van der Waals surface area contributed by atoms with Gasteiger partial charge in [0, 0.05) is 6.42 Å². The third kappa shape index (κ3) is 7.18. The standard InChI is InChI=1S/C16H20N2O5/c1-16(2,3)23-15(21)18-13(14(19)20)8-9-22-12-6-4-11(10-17)5-7-12/h4-7,13H,8-9H2,1-3H3,(H,18,21)(H,19,20)/t13-/m1/s1. The molecule has 0 aromatic heterocycles. The second-order valence-electron chi connectivity index (χ2n) is 5.81. The van der Waals surface area contributed by atoms with Crippen molar-refractivity contribution in [2.75, 3.05) is 6.61 Å². The molecule has 0 aliphatic carbocycles. The van der Waals surface area contributed by atoms with E-state index in [1.165, 1.54) is 0 Å². The van der Waals surface area contributed by atoms with E-state index in [2.05, 4.69) is 5.32 Å². The van der Waals surface area contributed by atoms with Crippen molar-refractivity contribution in [3.63, 3.8) is 0 Å². The van der Waals surface area contributed by atoms with Gasteiger partial charge in [0.25, 0.3) is 0 Å². The first kappa shape index (κ1) is 18.3. The molecule has 0 heterocycles. The van der Waals surface area contributed by atoms with Crippen molar-refractivity contribution in [3.8, 4) is 11.8 Å². The Morgan fingerprint density at radius 1 is 1.30 bits per heavy atom. The predicted octanol–water partition coefficient (Wildman–Crippen LogP) is 2.31. The summed E-state index contributed by atoms with van der Waals surface area (Å²) in [6, 6.07) is 7.32. The normalized spacial score (nSPS) is 11.9. The van der Waals surface area contributed by atoms with Crippen LogP contribution in [0.5, 0.6) is 5.75 Å². The van der Waals surface area contributed by atoms with Crippen LogP contribution in [0.4, 0.5) is 4.79 Å². The summed E-state index contributed by atoms with van der Waals surface area (Å²) in [5.41, 5.74) is -0.195. The highest BCUT2D eigenvalue weighted by Crippen LogP contribution is 2.12. The van der Waals surface area contributed by atoms with Crippen LogP contribution in [0.25, 0.3) is 0 Å². The Morgan fingerprint density at radius 2 is 1.91 bits per heavy atom. The van der Waals surface area contributed by atoms with E-state index in [-0.39, 0.29) is 13.0 Å². The van der Waals surface area contributed by atoms with Gasteiger partial charge in [0.2, 0.25) is 0 Å². The van der Waals surface area contributed by atoms with Gasteiger partial charge in [-0.05, 0) is 45.0 Å². The number of hydrogen-bond donors (Lipinski definition) is 2. The van der Waals surface area contributed by atoms with E-state index in [0.29, 0.717) is 11.3 Å². The van der Waals surface area contributed by atoms with E-state index in [9.17, 15) is 9.59 Å². The number of hydrogen-bond acceptors (Lipinski definition) is 5. The van der Waals surface area contributed by atoms with Crippen LogP contribution in [0.3, 0.4) is 0 Å². The van der Waals surface area contributed by atoms with Crippen LogP contribution < -0.4 is 10.1 Å². The number of carbonyl (C=O) groups is 2. The Hall–Kier alpha value is -2.75. The Morgan fingerprint density at radius 3 is 2.39 bits per heavy atom. The van der Waals surface area contributed by atoms with E-state index < -0.39 is 23.7 Å². The highest BCUT2D eigenvalue weighted by atomic mass is 16.6. The molecule has 1 rings (SSSR count). The van der Waals surface area contributed by atoms with Gasteiger partial charge in [-0.3, -0.25) is 0 Å². The number of carboxylic acids is 1. The molecule has 0 spiro atoms. The molecule has 0 saturated carbocycles. The van der Waals surface area contributed by atoms with Crippen LogP contribution in [0.1, 0.15) is 32.8 Å². The molecular weight excluding hydrogens is 300 g/mol.